The van der Waals surface area contributed by atoms with Crippen LogP contribution >= 0.6 is 0 Å². The predicted molar refractivity (Wildman–Crippen MR) is 184 cm³/mol. The molecule has 11 atom stereocenters. The average molecular weight is 628 g/mol. The van der Waals surface area contributed by atoms with Gasteiger partial charge in [0.15, 0.2) is 0 Å². The largest absolute Gasteiger partial charge is 0.508 e. The number of benzene rings is 1. The Morgan fingerprint density at radius 2 is 1.80 bits per heavy atom. The SMILES string of the molecule is CC(C)C[C@@H]1CC[C@@]2(C1)C[C@H]1Cc3ccc(O)cc3CC#C[C@@H]3[C@@]4(C[C@@H]5CC[C@H](CO)[C@@]3(N)[C@@H]5[C@@](C)(C3CCCCC3)O4)[C@@H](C1)C2. The Morgan fingerprint density at radius 1 is 0.978 bits per heavy atom. The summed E-state index contributed by atoms with van der Waals surface area (Å²) in [4.78, 5) is 0. The van der Waals surface area contributed by atoms with Gasteiger partial charge in [0, 0.05) is 30.4 Å². The van der Waals surface area contributed by atoms with Crippen LogP contribution in [0.1, 0.15) is 128 Å². The molecule has 4 N–H and O–H groups in total. The molecule has 0 amide bonds. The molecule has 2 saturated heterocycles. The minimum Gasteiger partial charge on any atom is -0.508 e. The van der Waals surface area contributed by atoms with Gasteiger partial charge in [0.05, 0.1) is 17.1 Å². The van der Waals surface area contributed by atoms with Crippen LogP contribution < -0.4 is 5.73 Å². The minimum atomic E-state index is -0.543. The normalized spacial score (nSPS) is 46.7. The zero-order valence-corrected chi connectivity index (χ0v) is 29.0. The summed E-state index contributed by atoms with van der Waals surface area (Å²) in [5.74, 6) is 11.9. The van der Waals surface area contributed by atoms with Crippen LogP contribution in [0.2, 0.25) is 0 Å². The van der Waals surface area contributed by atoms with Gasteiger partial charge in [0.2, 0.25) is 0 Å². The number of phenols is 1. The van der Waals surface area contributed by atoms with Crippen molar-refractivity contribution in [3.05, 3.63) is 29.3 Å². The summed E-state index contributed by atoms with van der Waals surface area (Å²) in [6, 6.07) is 6.04. The van der Waals surface area contributed by atoms with E-state index in [1.54, 1.807) is 0 Å². The average Bonchev–Trinajstić information content (AvgIpc) is 3.39. The molecule has 6 aliphatic carbocycles. The number of fused-ring (bicyclic) bond motifs is 4. The summed E-state index contributed by atoms with van der Waals surface area (Å²) in [6.45, 7) is 7.44. The first-order chi connectivity index (χ1) is 22.1. The Balaban J connectivity index is 1.29. The lowest BCUT2D eigenvalue weighted by molar-refractivity contribution is -0.361. The van der Waals surface area contributed by atoms with Crippen LogP contribution in [-0.2, 0) is 17.6 Å². The number of phenolic OH excluding ortho intramolecular Hbond substituents is 1. The quantitative estimate of drug-likeness (QED) is 0.294. The molecular formula is C42H61NO3. The first-order valence-corrected chi connectivity index (χ1v) is 19.5. The van der Waals surface area contributed by atoms with Crippen LogP contribution in [0.3, 0.4) is 0 Å². The van der Waals surface area contributed by atoms with Gasteiger partial charge in [0.25, 0.3) is 0 Å². The highest BCUT2D eigenvalue weighted by molar-refractivity contribution is 5.40. The standard InChI is InChI=1S/C42H61NO3/c1-27(2)18-28-16-17-40(22-28)23-29-19-31-13-15-36(45)21-30(31)8-7-11-37-41(35(20-29)25-40)24-32-12-14-34(26-44)42(37,43)38(32)39(3,46-41)33-9-5-4-6-10-33/h13,15,21,27-29,32-35,37-38,44-45H,4-6,8-10,12,14,16-20,22-26,43H2,1-3H3/t28-,29-,32-,34+,35-,37+,38-,39+,40+,41+,42-/m0/s1. The van der Waals surface area contributed by atoms with Crippen LogP contribution in [0.15, 0.2) is 18.2 Å². The van der Waals surface area contributed by atoms with Crippen molar-refractivity contribution in [2.75, 3.05) is 6.61 Å². The van der Waals surface area contributed by atoms with Gasteiger partial charge >= 0.3 is 0 Å². The maximum absolute atomic E-state index is 11.0. The third-order valence-corrected chi connectivity index (χ3v) is 15.4. The van der Waals surface area contributed by atoms with Crippen molar-refractivity contribution in [1.82, 2.24) is 0 Å². The second kappa shape index (κ2) is 11.5. The number of hydrogen-bond acceptors (Lipinski definition) is 4. The van der Waals surface area contributed by atoms with Crippen LogP contribution in [0.25, 0.3) is 0 Å². The van der Waals surface area contributed by atoms with Gasteiger partial charge in [0.1, 0.15) is 5.75 Å². The lowest BCUT2D eigenvalue weighted by atomic mass is 9.38. The third kappa shape index (κ3) is 4.87. The first kappa shape index (κ1) is 31.7. The van der Waals surface area contributed by atoms with Crippen LogP contribution in [0, 0.1) is 70.5 Å². The Kier molecular flexibility index (Phi) is 7.94. The minimum absolute atomic E-state index is 0.0660. The molecule has 5 saturated carbocycles. The zero-order valence-electron chi connectivity index (χ0n) is 29.0. The van der Waals surface area contributed by atoms with Crippen LogP contribution in [-0.4, -0.2) is 33.6 Å². The molecule has 252 valence electrons. The lowest BCUT2D eigenvalue weighted by Crippen LogP contribution is -2.84. The summed E-state index contributed by atoms with van der Waals surface area (Å²) in [5.41, 5.74) is 9.82. The molecule has 0 unspecified atom stereocenters. The fourth-order valence-electron chi connectivity index (χ4n) is 14.0. The van der Waals surface area contributed by atoms with Gasteiger partial charge in [-0.25, -0.2) is 0 Å². The van der Waals surface area contributed by atoms with E-state index >= 15 is 0 Å². The molecule has 1 aromatic carbocycles. The number of aromatic hydroxyl groups is 1. The summed E-state index contributed by atoms with van der Waals surface area (Å²) < 4.78 is 8.04. The Labute approximate surface area is 279 Å². The van der Waals surface area contributed by atoms with E-state index < -0.39 is 5.54 Å². The predicted octanol–water partition coefficient (Wildman–Crippen LogP) is 8.20. The molecule has 1 aromatic rings. The van der Waals surface area contributed by atoms with Crippen molar-refractivity contribution in [2.24, 2.45) is 64.4 Å². The van der Waals surface area contributed by atoms with Crippen molar-refractivity contribution < 1.29 is 14.9 Å². The first-order valence-electron chi connectivity index (χ1n) is 19.5. The molecule has 6 bridgehead atoms. The lowest BCUT2D eigenvalue weighted by Gasteiger charge is -2.75. The molecular weight excluding hydrogens is 566 g/mol. The van der Waals surface area contributed by atoms with E-state index in [0.717, 1.165) is 31.1 Å². The summed E-state index contributed by atoms with van der Waals surface area (Å²) in [6.07, 6.45) is 20.6. The van der Waals surface area contributed by atoms with E-state index in [1.165, 1.54) is 94.6 Å². The second-order valence-electron chi connectivity index (χ2n) is 18.5. The monoisotopic (exact) mass is 627 g/mol. The van der Waals surface area contributed by atoms with E-state index in [2.05, 4.69) is 38.7 Å². The highest BCUT2D eigenvalue weighted by Crippen LogP contribution is 2.71. The fraction of sp³-hybridized carbons (Fsp3) is 0.810. The van der Waals surface area contributed by atoms with Crippen LogP contribution in [0.5, 0.6) is 5.75 Å². The molecule has 0 radical (unpaired) electrons. The number of aliphatic hydroxyl groups excluding tert-OH is 1. The van der Waals surface area contributed by atoms with Gasteiger partial charge in [-0.05, 0) is 155 Å². The molecule has 4 nitrogen and oxygen atoms in total. The highest BCUT2D eigenvalue weighted by atomic mass is 16.5. The molecule has 0 aromatic heterocycles. The number of aliphatic hydroxyl groups is 1. The van der Waals surface area contributed by atoms with Gasteiger partial charge in [-0.1, -0.05) is 51.0 Å². The van der Waals surface area contributed by atoms with E-state index in [9.17, 15) is 10.2 Å². The van der Waals surface area contributed by atoms with Crippen molar-refractivity contribution in [2.45, 2.75) is 147 Å². The number of rotatable bonds is 4. The Hall–Kier alpha value is -1.54. The second-order valence-corrected chi connectivity index (χ2v) is 18.5. The zero-order chi connectivity index (χ0) is 31.9. The fourth-order valence-corrected chi connectivity index (χ4v) is 14.0. The topological polar surface area (TPSA) is 75.7 Å². The third-order valence-electron chi connectivity index (χ3n) is 15.4. The summed E-state index contributed by atoms with van der Waals surface area (Å²) in [7, 11) is 0. The van der Waals surface area contributed by atoms with E-state index in [4.69, 9.17) is 10.5 Å². The smallest absolute Gasteiger partial charge is 0.115 e. The van der Waals surface area contributed by atoms with Crippen molar-refractivity contribution >= 4 is 0 Å². The number of ether oxygens (including phenoxy) is 1. The van der Waals surface area contributed by atoms with E-state index in [0.29, 0.717) is 41.3 Å². The molecule has 2 aliphatic heterocycles. The molecule has 46 heavy (non-hydrogen) atoms. The van der Waals surface area contributed by atoms with Crippen molar-refractivity contribution in [3.63, 3.8) is 0 Å². The Bertz CT molecular complexity index is 1370. The van der Waals surface area contributed by atoms with Crippen molar-refractivity contribution in [3.8, 4) is 17.6 Å². The number of hydrogen-bond donors (Lipinski definition) is 3. The molecule has 9 rings (SSSR count). The van der Waals surface area contributed by atoms with E-state index in [1.807, 2.05) is 12.1 Å². The maximum atomic E-state index is 11.0. The van der Waals surface area contributed by atoms with Gasteiger partial charge < -0.3 is 20.7 Å². The van der Waals surface area contributed by atoms with Gasteiger partial charge in [-0.2, -0.15) is 0 Å². The molecule has 2 heterocycles. The number of nitrogens with two attached hydrogens (primary N) is 1. The van der Waals surface area contributed by atoms with Gasteiger partial charge in [-0.3, -0.25) is 0 Å². The molecule has 7 fully saturated rings. The van der Waals surface area contributed by atoms with E-state index in [-0.39, 0.29) is 35.6 Å². The summed E-state index contributed by atoms with van der Waals surface area (Å²) in [5, 5.41) is 21.6. The maximum Gasteiger partial charge on any atom is 0.115 e. The van der Waals surface area contributed by atoms with Gasteiger partial charge in [-0.15, -0.1) is 0 Å². The van der Waals surface area contributed by atoms with Crippen LogP contribution in [0.4, 0.5) is 0 Å². The Morgan fingerprint density at radius 3 is 2.59 bits per heavy atom. The molecule has 8 aliphatic rings. The van der Waals surface area contributed by atoms with Crippen molar-refractivity contribution in [1.29, 1.82) is 0 Å². The molecule has 2 spiro atoms. The highest BCUT2D eigenvalue weighted by Gasteiger charge is 2.76. The summed E-state index contributed by atoms with van der Waals surface area (Å²) >= 11 is 0. The molecule has 4 heteroatoms.